The molecule has 1 amide bonds. The first-order valence-corrected chi connectivity index (χ1v) is 6.14. The lowest BCUT2D eigenvalue weighted by Crippen LogP contribution is -2.31. The molecular weight excluding hydrogens is 226 g/mol. The first-order valence-electron chi connectivity index (χ1n) is 6.14. The van der Waals surface area contributed by atoms with Crippen LogP contribution in [0.1, 0.15) is 11.3 Å². The van der Waals surface area contributed by atoms with Gasteiger partial charge in [0.15, 0.2) is 0 Å². The van der Waals surface area contributed by atoms with E-state index in [1.165, 1.54) is 22.2 Å². The topological polar surface area (TPSA) is 60.1 Å². The number of carbonyl (C=O) groups is 1. The summed E-state index contributed by atoms with van der Waals surface area (Å²) in [5, 5.41) is 4.07. The Balaban J connectivity index is 2.22. The number of amides is 1. The molecule has 0 aliphatic rings. The van der Waals surface area contributed by atoms with Gasteiger partial charge in [-0.25, -0.2) is 0 Å². The summed E-state index contributed by atoms with van der Waals surface area (Å²) in [4.78, 5) is 11.1. The van der Waals surface area contributed by atoms with Crippen LogP contribution in [0.15, 0.2) is 24.3 Å². The van der Waals surface area contributed by atoms with Crippen molar-refractivity contribution in [2.75, 3.05) is 13.1 Å². The van der Waals surface area contributed by atoms with Crippen LogP contribution in [0.25, 0.3) is 10.9 Å². The second-order valence-electron chi connectivity index (χ2n) is 4.44. The fraction of sp³-hybridized carbons (Fsp3) is 0.357. The van der Waals surface area contributed by atoms with Crippen LogP contribution in [-0.4, -0.2) is 23.6 Å². The van der Waals surface area contributed by atoms with Gasteiger partial charge >= 0.3 is 0 Å². The lowest BCUT2D eigenvalue weighted by molar-refractivity contribution is -0.119. The molecule has 3 N–H and O–H groups in total. The molecule has 1 aromatic carbocycles. The number of para-hydroxylation sites is 1. The number of rotatable bonds is 4. The number of fused-ring (bicyclic) bond motifs is 1. The van der Waals surface area contributed by atoms with Crippen molar-refractivity contribution >= 4 is 16.8 Å². The summed E-state index contributed by atoms with van der Waals surface area (Å²) >= 11 is 0. The zero-order valence-electron chi connectivity index (χ0n) is 10.9. The molecule has 0 bridgehead atoms. The van der Waals surface area contributed by atoms with Crippen LogP contribution >= 0.6 is 0 Å². The highest BCUT2D eigenvalue weighted by Gasteiger charge is 2.10. The molecule has 0 unspecified atom stereocenters. The maximum absolute atomic E-state index is 11.1. The predicted molar refractivity (Wildman–Crippen MR) is 73.4 cm³/mol. The van der Waals surface area contributed by atoms with Crippen LogP contribution in [-0.2, 0) is 18.3 Å². The van der Waals surface area contributed by atoms with E-state index in [9.17, 15) is 4.79 Å². The zero-order chi connectivity index (χ0) is 13.1. The van der Waals surface area contributed by atoms with E-state index in [2.05, 4.69) is 36.0 Å². The van der Waals surface area contributed by atoms with Gasteiger partial charge in [-0.3, -0.25) is 4.79 Å². The molecule has 0 saturated carbocycles. The van der Waals surface area contributed by atoms with E-state index in [-0.39, 0.29) is 12.5 Å². The van der Waals surface area contributed by atoms with Gasteiger partial charge in [0.1, 0.15) is 0 Å². The Labute approximate surface area is 107 Å². The summed E-state index contributed by atoms with van der Waals surface area (Å²) in [7, 11) is 2.07. The molecule has 0 fully saturated rings. The molecule has 4 nitrogen and oxygen atoms in total. The summed E-state index contributed by atoms with van der Waals surface area (Å²) in [5.41, 5.74) is 9.04. The molecule has 0 aliphatic heterocycles. The van der Waals surface area contributed by atoms with Crippen LogP contribution in [0, 0.1) is 6.92 Å². The number of hydrogen-bond acceptors (Lipinski definition) is 2. The van der Waals surface area contributed by atoms with Crippen molar-refractivity contribution in [3.63, 3.8) is 0 Å². The Hall–Kier alpha value is -1.81. The van der Waals surface area contributed by atoms with Gasteiger partial charge in [-0.15, -0.1) is 0 Å². The third-order valence-corrected chi connectivity index (χ3v) is 3.41. The molecule has 0 radical (unpaired) electrons. The summed E-state index contributed by atoms with van der Waals surface area (Å²) in [6, 6.07) is 8.33. The number of aromatic nitrogens is 1. The molecule has 4 heteroatoms. The number of hydrogen-bond donors (Lipinski definition) is 2. The number of nitrogens with two attached hydrogens (primary N) is 1. The summed E-state index contributed by atoms with van der Waals surface area (Å²) in [6.07, 6.45) is 0.832. The van der Waals surface area contributed by atoms with Crippen molar-refractivity contribution in [2.45, 2.75) is 13.3 Å². The number of aryl methyl sites for hydroxylation is 1. The Bertz CT molecular complexity index is 572. The molecule has 1 aromatic heterocycles. The van der Waals surface area contributed by atoms with Gasteiger partial charge in [0.25, 0.3) is 0 Å². The maximum Gasteiger partial charge on any atom is 0.233 e. The third kappa shape index (κ3) is 2.24. The first-order chi connectivity index (χ1) is 8.65. The molecule has 0 spiro atoms. The fourth-order valence-corrected chi connectivity index (χ4v) is 2.31. The molecule has 0 aliphatic carbocycles. The number of benzene rings is 1. The minimum atomic E-state index is -0.104. The van der Waals surface area contributed by atoms with Gasteiger partial charge in [-0.2, -0.15) is 0 Å². The van der Waals surface area contributed by atoms with Crippen molar-refractivity contribution in [3.8, 4) is 0 Å². The average molecular weight is 245 g/mol. The van der Waals surface area contributed by atoms with Crippen molar-refractivity contribution in [2.24, 2.45) is 12.8 Å². The SMILES string of the molecule is Cc1c(CCNC(=O)CN)c2ccccc2n1C. The van der Waals surface area contributed by atoms with Gasteiger partial charge in [-0.1, -0.05) is 18.2 Å². The van der Waals surface area contributed by atoms with Gasteiger partial charge in [0.2, 0.25) is 5.91 Å². The van der Waals surface area contributed by atoms with Gasteiger partial charge < -0.3 is 15.6 Å². The van der Waals surface area contributed by atoms with Crippen LogP contribution in [0.5, 0.6) is 0 Å². The highest BCUT2D eigenvalue weighted by atomic mass is 16.1. The number of nitrogens with zero attached hydrogens (tertiary/aromatic N) is 1. The van der Waals surface area contributed by atoms with E-state index in [4.69, 9.17) is 5.73 Å². The highest BCUT2D eigenvalue weighted by molar-refractivity contribution is 5.85. The van der Waals surface area contributed by atoms with E-state index in [1.807, 2.05) is 12.1 Å². The molecule has 0 atom stereocenters. The highest BCUT2D eigenvalue weighted by Crippen LogP contribution is 2.24. The molecule has 0 saturated heterocycles. The Morgan fingerprint density at radius 1 is 1.39 bits per heavy atom. The van der Waals surface area contributed by atoms with E-state index in [0.29, 0.717) is 6.54 Å². The van der Waals surface area contributed by atoms with Gasteiger partial charge in [0, 0.05) is 30.2 Å². The molecule has 2 rings (SSSR count). The van der Waals surface area contributed by atoms with Crippen molar-refractivity contribution in [1.29, 1.82) is 0 Å². The van der Waals surface area contributed by atoms with Crippen LogP contribution in [0.2, 0.25) is 0 Å². The van der Waals surface area contributed by atoms with Crippen LogP contribution in [0.4, 0.5) is 0 Å². The van der Waals surface area contributed by atoms with Crippen molar-refractivity contribution in [1.82, 2.24) is 9.88 Å². The zero-order valence-corrected chi connectivity index (χ0v) is 10.9. The smallest absolute Gasteiger partial charge is 0.233 e. The quantitative estimate of drug-likeness (QED) is 0.847. The molecule has 2 aromatic rings. The van der Waals surface area contributed by atoms with Crippen molar-refractivity contribution in [3.05, 3.63) is 35.5 Å². The monoisotopic (exact) mass is 245 g/mol. The standard InChI is InChI=1S/C14H19N3O/c1-10-11(7-8-16-14(18)9-15)12-5-3-4-6-13(12)17(10)2/h3-6H,7-9,15H2,1-2H3,(H,16,18). The average Bonchev–Trinajstić information content (AvgIpc) is 2.64. The lowest BCUT2D eigenvalue weighted by Gasteiger charge is -2.04. The Kier molecular flexibility index (Phi) is 3.67. The predicted octanol–water partition coefficient (Wildman–Crippen LogP) is 1.10. The third-order valence-electron chi connectivity index (χ3n) is 3.41. The Morgan fingerprint density at radius 3 is 2.83 bits per heavy atom. The molecule has 1 heterocycles. The molecular formula is C14H19N3O. The van der Waals surface area contributed by atoms with Gasteiger partial charge in [0.05, 0.1) is 6.54 Å². The maximum atomic E-state index is 11.1. The largest absolute Gasteiger partial charge is 0.355 e. The first kappa shape index (κ1) is 12.6. The minimum absolute atomic E-state index is 0.0501. The van der Waals surface area contributed by atoms with Crippen LogP contribution in [0.3, 0.4) is 0 Å². The van der Waals surface area contributed by atoms with E-state index < -0.39 is 0 Å². The van der Waals surface area contributed by atoms with E-state index in [0.717, 1.165) is 6.42 Å². The summed E-state index contributed by atoms with van der Waals surface area (Å²) < 4.78 is 2.19. The number of carbonyl (C=O) groups excluding carboxylic acids is 1. The second kappa shape index (κ2) is 5.23. The van der Waals surface area contributed by atoms with Crippen LogP contribution < -0.4 is 11.1 Å². The molecule has 18 heavy (non-hydrogen) atoms. The fourth-order valence-electron chi connectivity index (χ4n) is 2.31. The van der Waals surface area contributed by atoms with E-state index in [1.54, 1.807) is 0 Å². The minimum Gasteiger partial charge on any atom is -0.355 e. The summed E-state index contributed by atoms with van der Waals surface area (Å²) in [6.45, 7) is 2.79. The molecule has 96 valence electrons. The second-order valence-corrected chi connectivity index (χ2v) is 4.44. The van der Waals surface area contributed by atoms with E-state index >= 15 is 0 Å². The van der Waals surface area contributed by atoms with Gasteiger partial charge in [-0.05, 0) is 25.0 Å². The van der Waals surface area contributed by atoms with Crippen molar-refractivity contribution < 1.29 is 4.79 Å². The normalized spacial score (nSPS) is 10.8. The number of nitrogens with one attached hydrogen (secondary N) is 1. The Morgan fingerprint density at radius 2 is 2.11 bits per heavy atom. The summed E-state index contributed by atoms with van der Waals surface area (Å²) in [5.74, 6) is -0.104. The lowest BCUT2D eigenvalue weighted by atomic mass is 10.1.